The summed E-state index contributed by atoms with van der Waals surface area (Å²) in [5.74, 6) is 0.100. The fourth-order valence-corrected chi connectivity index (χ4v) is 5.95. The van der Waals surface area contributed by atoms with Crippen LogP contribution in [0.3, 0.4) is 0 Å². The Labute approximate surface area is 204 Å². The van der Waals surface area contributed by atoms with Gasteiger partial charge in [-0.2, -0.15) is 0 Å². The summed E-state index contributed by atoms with van der Waals surface area (Å²) >= 11 is 0. The molecule has 2 aromatic carbocycles. The van der Waals surface area contributed by atoms with Gasteiger partial charge in [0.15, 0.2) is 0 Å². The molecule has 0 bridgehead atoms. The molecule has 35 heavy (non-hydrogen) atoms. The van der Waals surface area contributed by atoms with Crippen molar-refractivity contribution >= 4 is 34.3 Å². The zero-order chi connectivity index (χ0) is 24.1. The van der Waals surface area contributed by atoms with Gasteiger partial charge < -0.3 is 24.6 Å². The number of hydrogen-bond donors (Lipinski definition) is 1. The number of para-hydroxylation sites is 2. The SMILES string of the molecule is CN1c2ccccc2C(=O)N2CCc3c(n(CC(=O)NCCN4CCCC4=O)c4ccccc34)C21. The van der Waals surface area contributed by atoms with Gasteiger partial charge in [-0.15, -0.1) is 0 Å². The molecule has 8 heteroatoms. The van der Waals surface area contributed by atoms with Gasteiger partial charge in [-0.3, -0.25) is 14.4 Å². The van der Waals surface area contributed by atoms with Crippen LogP contribution in [-0.2, 0) is 22.6 Å². The lowest BCUT2D eigenvalue weighted by molar-refractivity contribution is -0.128. The van der Waals surface area contributed by atoms with E-state index in [4.69, 9.17) is 0 Å². The third-order valence-corrected chi connectivity index (χ3v) is 7.58. The second-order valence-corrected chi connectivity index (χ2v) is 9.55. The predicted octanol–water partition coefficient (Wildman–Crippen LogP) is 2.53. The lowest BCUT2D eigenvalue weighted by Crippen LogP contribution is -2.51. The van der Waals surface area contributed by atoms with Crippen LogP contribution in [0.4, 0.5) is 5.69 Å². The summed E-state index contributed by atoms with van der Waals surface area (Å²) in [6.45, 7) is 2.55. The van der Waals surface area contributed by atoms with Crippen molar-refractivity contribution in [3.05, 3.63) is 65.4 Å². The number of rotatable bonds is 5. The van der Waals surface area contributed by atoms with Gasteiger partial charge in [-0.1, -0.05) is 30.3 Å². The maximum Gasteiger partial charge on any atom is 0.257 e. The first kappa shape index (κ1) is 21.7. The highest BCUT2D eigenvalue weighted by Gasteiger charge is 2.42. The van der Waals surface area contributed by atoms with Crippen LogP contribution in [0, 0.1) is 0 Å². The summed E-state index contributed by atoms with van der Waals surface area (Å²) in [7, 11) is 2.02. The van der Waals surface area contributed by atoms with Crippen LogP contribution in [-0.4, -0.2) is 65.3 Å². The lowest BCUT2D eigenvalue weighted by atomic mass is 9.96. The summed E-state index contributed by atoms with van der Waals surface area (Å²) in [6.07, 6.45) is 1.97. The van der Waals surface area contributed by atoms with Gasteiger partial charge in [-0.25, -0.2) is 0 Å². The first-order valence-electron chi connectivity index (χ1n) is 12.3. The fourth-order valence-electron chi connectivity index (χ4n) is 5.95. The zero-order valence-electron chi connectivity index (χ0n) is 19.9. The second-order valence-electron chi connectivity index (χ2n) is 9.55. The molecule has 1 saturated heterocycles. The van der Waals surface area contributed by atoms with E-state index in [1.165, 1.54) is 5.56 Å². The van der Waals surface area contributed by atoms with Gasteiger partial charge in [0.2, 0.25) is 11.8 Å². The number of benzene rings is 2. The van der Waals surface area contributed by atoms with E-state index in [0.29, 0.717) is 31.6 Å². The number of likely N-dealkylation sites (tertiary alicyclic amines) is 1. The number of fused-ring (bicyclic) bond motifs is 6. The van der Waals surface area contributed by atoms with Crippen molar-refractivity contribution in [2.45, 2.75) is 32.0 Å². The van der Waals surface area contributed by atoms with Crippen LogP contribution < -0.4 is 10.2 Å². The molecule has 1 N–H and O–H groups in total. The molecule has 6 rings (SSSR count). The van der Waals surface area contributed by atoms with Crippen LogP contribution in [0.15, 0.2) is 48.5 Å². The van der Waals surface area contributed by atoms with Crippen LogP contribution in [0.5, 0.6) is 0 Å². The molecule has 1 atom stereocenters. The topological polar surface area (TPSA) is 77.9 Å². The van der Waals surface area contributed by atoms with Crippen molar-refractivity contribution in [3.8, 4) is 0 Å². The van der Waals surface area contributed by atoms with Crippen molar-refractivity contribution in [1.82, 2.24) is 19.7 Å². The highest BCUT2D eigenvalue weighted by atomic mass is 16.2. The minimum atomic E-state index is -0.274. The standard InChI is InChI=1S/C27H29N5O3/c1-29-21-9-4-3-8-20(21)27(35)31-15-12-19-18-7-2-5-10-22(18)32(25(19)26(29)31)17-23(33)28-13-16-30-14-6-11-24(30)34/h2-5,7-10,26H,6,11-17H2,1H3,(H,28,33). The second kappa shape index (κ2) is 8.45. The Morgan fingerprint density at radius 2 is 1.83 bits per heavy atom. The number of hydrogen-bond acceptors (Lipinski definition) is 4. The molecule has 0 radical (unpaired) electrons. The van der Waals surface area contributed by atoms with Gasteiger partial charge in [0.1, 0.15) is 12.7 Å². The maximum absolute atomic E-state index is 13.4. The maximum atomic E-state index is 13.4. The quantitative estimate of drug-likeness (QED) is 0.620. The van der Waals surface area contributed by atoms with Crippen molar-refractivity contribution in [1.29, 1.82) is 0 Å². The molecule has 180 valence electrons. The van der Waals surface area contributed by atoms with Crippen molar-refractivity contribution in [3.63, 3.8) is 0 Å². The smallest absolute Gasteiger partial charge is 0.257 e. The first-order chi connectivity index (χ1) is 17.0. The number of amides is 3. The molecule has 1 fully saturated rings. The van der Waals surface area contributed by atoms with Crippen LogP contribution >= 0.6 is 0 Å². The molecule has 0 aliphatic carbocycles. The largest absolute Gasteiger partial charge is 0.353 e. The van der Waals surface area contributed by atoms with E-state index < -0.39 is 0 Å². The number of nitrogens with zero attached hydrogens (tertiary/aromatic N) is 4. The minimum Gasteiger partial charge on any atom is -0.353 e. The Bertz CT molecular complexity index is 1350. The highest BCUT2D eigenvalue weighted by Crippen LogP contribution is 2.44. The third-order valence-electron chi connectivity index (χ3n) is 7.58. The molecular weight excluding hydrogens is 442 g/mol. The first-order valence-corrected chi connectivity index (χ1v) is 12.3. The summed E-state index contributed by atoms with van der Waals surface area (Å²) < 4.78 is 2.08. The molecule has 1 aromatic heterocycles. The van der Waals surface area contributed by atoms with Crippen molar-refractivity contribution in [2.75, 3.05) is 38.1 Å². The summed E-state index contributed by atoms with van der Waals surface area (Å²) in [5, 5.41) is 4.14. The molecule has 1 unspecified atom stereocenters. The average Bonchev–Trinajstić information content (AvgIpc) is 3.43. The van der Waals surface area contributed by atoms with Crippen LogP contribution in [0.25, 0.3) is 10.9 Å². The van der Waals surface area contributed by atoms with E-state index in [2.05, 4.69) is 20.9 Å². The zero-order valence-corrected chi connectivity index (χ0v) is 19.9. The summed E-state index contributed by atoms with van der Waals surface area (Å²) in [6, 6.07) is 15.9. The number of carbonyl (C=O) groups is 3. The Morgan fingerprint density at radius 1 is 1.03 bits per heavy atom. The average molecular weight is 472 g/mol. The van der Waals surface area contributed by atoms with Crippen LogP contribution in [0.2, 0.25) is 0 Å². The molecule has 3 aromatic rings. The Morgan fingerprint density at radius 3 is 2.66 bits per heavy atom. The number of nitrogens with one attached hydrogen (secondary N) is 1. The molecule has 0 spiro atoms. The summed E-state index contributed by atoms with van der Waals surface area (Å²) in [4.78, 5) is 44.3. The molecule has 3 aliphatic heterocycles. The number of aromatic nitrogens is 1. The van der Waals surface area contributed by atoms with Gasteiger partial charge in [-0.05, 0) is 36.6 Å². The number of carbonyl (C=O) groups excluding carboxylic acids is 3. The van der Waals surface area contributed by atoms with E-state index in [9.17, 15) is 14.4 Å². The van der Waals surface area contributed by atoms with Gasteiger partial charge >= 0.3 is 0 Å². The normalized spacial score (nSPS) is 19.1. The lowest BCUT2D eigenvalue weighted by Gasteiger charge is -2.46. The van der Waals surface area contributed by atoms with Gasteiger partial charge in [0.25, 0.3) is 5.91 Å². The van der Waals surface area contributed by atoms with Gasteiger partial charge in [0.05, 0.1) is 16.9 Å². The fraction of sp³-hybridized carbons (Fsp3) is 0.370. The predicted molar refractivity (Wildman–Crippen MR) is 133 cm³/mol. The Balaban J connectivity index is 1.34. The Hall–Kier alpha value is -3.81. The van der Waals surface area contributed by atoms with Crippen LogP contribution in [0.1, 0.15) is 40.6 Å². The van der Waals surface area contributed by atoms with Crippen molar-refractivity contribution < 1.29 is 14.4 Å². The van der Waals surface area contributed by atoms with Gasteiger partial charge in [0, 0.05) is 50.6 Å². The molecule has 4 heterocycles. The Kier molecular flexibility index (Phi) is 5.24. The third kappa shape index (κ3) is 3.47. The minimum absolute atomic E-state index is 0.0332. The molecule has 8 nitrogen and oxygen atoms in total. The van der Waals surface area contributed by atoms with E-state index in [1.807, 2.05) is 59.3 Å². The molecule has 3 aliphatic rings. The molecule has 0 saturated carbocycles. The monoisotopic (exact) mass is 471 g/mol. The van der Waals surface area contributed by atoms with E-state index in [0.717, 1.165) is 41.7 Å². The molecular formula is C27H29N5O3. The highest BCUT2D eigenvalue weighted by molar-refractivity contribution is 6.02. The van der Waals surface area contributed by atoms with E-state index in [1.54, 1.807) is 0 Å². The number of anilines is 1. The van der Waals surface area contributed by atoms with Crippen molar-refractivity contribution in [2.24, 2.45) is 0 Å². The summed E-state index contributed by atoms with van der Waals surface area (Å²) in [5.41, 5.74) is 4.84. The van der Waals surface area contributed by atoms with E-state index in [-0.39, 0.29) is 30.4 Å². The molecule has 3 amide bonds. The van der Waals surface area contributed by atoms with E-state index >= 15 is 0 Å².